The maximum absolute atomic E-state index is 11.6. The molecule has 0 aromatic heterocycles. The minimum atomic E-state index is -0.564. The van der Waals surface area contributed by atoms with Gasteiger partial charge >= 0.3 is 0 Å². The number of ether oxygens (including phenoxy) is 1. The summed E-state index contributed by atoms with van der Waals surface area (Å²) in [6.45, 7) is 7.63. The second-order valence-corrected chi connectivity index (χ2v) is 6.08. The number of nitrogens with zero attached hydrogens (tertiary/aromatic N) is 1. The van der Waals surface area contributed by atoms with Crippen molar-refractivity contribution in [1.82, 2.24) is 10.2 Å². The predicted octanol–water partition coefficient (Wildman–Crippen LogP) is 1.12. The van der Waals surface area contributed by atoms with Crippen molar-refractivity contribution in [3.63, 3.8) is 0 Å². The minimum Gasteiger partial charge on any atom is -0.380 e. The number of nitrogens with two attached hydrogens (primary N) is 1. The monoisotopic (exact) mass is 285 g/mol. The van der Waals surface area contributed by atoms with Gasteiger partial charge in [-0.25, -0.2) is 0 Å². The largest absolute Gasteiger partial charge is 0.380 e. The van der Waals surface area contributed by atoms with Crippen molar-refractivity contribution in [2.24, 2.45) is 5.73 Å². The van der Waals surface area contributed by atoms with Gasteiger partial charge in [-0.15, -0.1) is 0 Å². The first-order valence-electron chi connectivity index (χ1n) is 7.82. The third-order valence-corrected chi connectivity index (χ3v) is 4.28. The van der Waals surface area contributed by atoms with Crippen LogP contribution in [-0.4, -0.2) is 55.7 Å². The highest BCUT2D eigenvalue weighted by atomic mass is 16.5. The number of hydrogen-bond acceptors (Lipinski definition) is 4. The molecule has 5 heteroatoms. The summed E-state index contributed by atoms with van der Waals surface area (Å²) >= 11 is 0. The van der Waals surface area contributed by atoms with Gasteiger partial charge < -0.3 is 20.7 Å². The first-order chi connectivity index (χ1) is 9.49. The number of primary amides is 1. The molecule has 20 heavy (non-hydrogen) atoms. The first-order valence-corrected chi connectivity index (χ1v) is 7.82. The van der Waals surface area contributed by atoms with Crippen LogP contribution in [0.25, 0.3) is 0 Å². The Labute approximate surface area is 123 Å². The van der Waals surface area contributed by atoms with E-state index in [4.69, 9.17) is 10.5 Å². The van der Waals surface area contributed by atoms with E-state index in [1.807, 2.05) is 6.92 Å². The van der Waals surface area contributed by atoms with Crippen LogP contribution in [0.3, 0.4) is 0 Å². The summed E-state index contributed by atoms with van der Waals surface area (Å²) in [5.41, 5.74) is 4.96. The van der Waals surface area contributed by atoms with E-state index >= 15 is 0 Å². The van der Waals surface area contributed by atoms with E-state index < -0.39 is 5.54 Å². The number of carbonyl (C=O) groups excluding carboxylic acids is 1. The molecule has 1 aliphatic heterocycles. The maximum atomic E-state index is 11.6. The summed E-state index contributed by atoms with van der Waals surface area (Å²) in [5, 5.41) is 3.28. The van der Waals surface area contributed by atoms with Gasteiger partial charge in [-0.2, -0.15) is 0 Å². The average molecular weight is 285 g/mol. The molecule has 0 radical (unpaired) electrons. The number of nitrogens with one attached hydrogen (secondary N) is 1. The summed E-state index contributed by atoms with van der Waals surface area (Å²) in [4.78, 5) is 14.0. The predicted molar refractivity (Wildman–Crippen MR) is 81.6 cm³/mol. The molecular weight excluding hydrogens is 254 g/mol. The molecule has 1 aliphatic rings. The zero-order valence-electron chi connectivity index (χ0n) is 13.3. The number of amides is 1. The molecule has 1 rings (SSSR count). The van der Waals surface area contributed by atoms with Crippen LogP contribution in [0.1, 0.15) is 46.0 Å². The second-order valence-electron chi connectivity index (χ2n) is 6.08. The van der Waals surface area contributed by atoms with E-state index in [0.717, 1.165) is 58.4 Å². The van der Waals surface area contributed by atoms with E-state index in [0.29, 0.717) is 6.04 Å². The molecule has 2 unspecified atom stereocenters. The van der Waals surface area contributed by atoms with Crippen LogP contribution in [0, 0.1) is 0 Å². The lowest BCUT2D eigenvalue weighted by Crippen LogP contribution is -2.53. The van der Waals surface area contributed by atoms with Crippen molar-refractivity contribution in [2.75, 3.05) is 33.4 Å². The van der Waals surface area contributed by atoms with Crippen LogP contribution in [0.5, 0.6) is 0 Å². The van der Waals surface area contributed by atoms with Crippen LogP contribution in [-0.2, 0) is 9.53 Å². The van der Waals surface area contributed by atoms with Gasteiger partial charge in [-0.3, -0.25) is 4.79 Å². The highest BCUT2D eigenvalue weighted by molar-refractivity contribution is 5.84. The van der Waals surface area contributed by atoms with E-state index in [1.54, 1.807) is 0 Å². The Morgan fingerprint density at radius 3 is 2.80 bits per heavy atom. The molecule has 1 fully saturated rings. The van der Waals surface area contributed by atoms with Gasteiger partial charge in [0.1, 0.15) is 0 Å². The number of carbonyl (C=O) groups is 1. The summed E-state index contributed by atoms with van der Waals surface area (Å²) in [7, 11) is 2.15. The number of unbranched alkanes of at least 4 members (excludes halogenated alkanes) is 1. The van der Waals surface area contributed by atoms with Crippen molar-refractivity contribution >= 4 is 5.91 Å². The smallest absolute Gasteiger partial charge is 0.237 e. The zero-order chi connectivity index (χ0) is 15.0. The van der Waals surface area contributed by atoms with Crippen LogP contribution in [0.4, 0.5) is 0 Å². The van der Waals surface area contributed by atoms with Gasteiger partial charge in [-0.1, -0.05) is 6.92 Å². The lowest BCUT2D eigenvalue weighted by Gasteiger charge is -2.28. The topological polar surface area (TPSA) is 67.6 Å². The summed E-state index contributed by atoms with van der Waals surface area (Å²) < 4.78 is 5.40. The molecule has 5 nitrogen and oxygen atoms in total. The average Bonchev–Trinajstić information content (AvgIpc) is 2.95. The Hall–Kier alpha value is -0.650. The highest BCUT2D eigenvalue weighted by Gasteiger charge is 2.29. The molecule has 3 N–H and O–H groups in total. The molecular formula is C15H31N3O2. The van der Waals surface area contributed by atoms with Gasteiger partial charge in [0.05, 0.1) is 12.1 Å². The Kier molecular flexibility index (Phi) is 7.48. The molecule has 0 bridgehead atoms. The molecule has 1 heterocycles. The number of rotatable bonds is 10. The lowest BCUT2D eigenvalue weighted by molar-refractivity contribution is -0.124. The second kappa shape index (κ2) is 8.60. The Bertz CT molecular complexity index is 293. The Morgan fingerprint density at radius 1 is 1.50 bits per heavy atom. The molecule has 0 saturated carbocycles. The van der Waals surface area contributed by atoms with Crippen molar-refractivity contribution in [3.8, 4) is 0 Å². The van der Waals surface area contributed by atoms with Crippen LogP contribution >= 0.6 is 0 Å². The summed E-state index contributed by atoms with van der Waals surface area (Å²) in [6, 6.07) is 0.566. The molecule has 0 aliphatic carbocycles. The number of likely N-dealkylation sites (N-methyl/N-ethyl adjacent to an activating group) is 1. The van der Waals surface area contributed by atoms with Gasteiger partial charge in [0.2, 0.25) is 5.91 Å². The molecule has 0 aromatic carbocycles. The third-order valence-electron chi connectivity index (χ3n) is 4.28. The van der Waals surface area contributed by atoms with Crippen molar-refractivity contribution < 1.29 is 9.53 Å². The molecule has 2 atom stereocenters. The Morgan fingerprint density at radius 2 is 2.25 bits per heavy atom. The number of hydrogen-bond donors (Lipinski definition) is 2. The lowest BCUT2D eigenvalue weighted by atomic mass is 9.93. The van der Waals surface area contributed by atoms with Gasteiger partial charge in [0, 0.05) is 12.6 Å². The first kappa shape index (κ1) is 17.4. The highest BCUT2D eigenvalue weighted by Crippen LogP contribution is 2.16. The normalized spacial score (nSPS) is 22.1. The Balaban J connectivity index is 2.24. The SMILES string of the molecule is CCCNC(C)(CCCCN(C)C1CCOC1)C(N)=O. The standard InChI is InChI=1S/C15H31N3O2/c1-4-9-17-15(2,14(16)19)8-5-6-10-18(3)13-7-11-20-12-13/h13,17H,4-12H2,1-3H3,(H2,16,19). The fraction of sp³-hybridized carbons (Fsp3) is 0.933. The summed E-state index contributed by atoms with van der Waals surface area (Å²) in [5.74, 6) is -0.247. The van der Waals surface area contributed by atoms with Crippen LogP contribution in [0.15, 0.2) is 0 Å². The fourth-order valence-corrected chi connectivity index (χ4v) is 2.59. The molecule has 0 spiro atoms. The van der Waals surface area contributed by atoms with Gasteiger partial charge in [-0.05, 0) is 59.2 Å². The van der Waals surface area contributed by atoms with Crippen LogP contribution in [0.2, 0.25) is 0 Å². The summed E-state index contributed by atoms with van der Waals surface area (Å²) in [6.07, 6.45) is 5.04. The molecule has 0 aromatic rings. The minimum absolute atomic E-state index is 0.247. The van der Waals surface area contributed by atoms with Gasteiger partial charge in [0.25, 0.3) is 0 Å². The van der Waals surface area contributed by atoms with Gasteiger partial charge in [0.15, 0.2) is 0 Å². The quantitative estimate of drug-likeness (QED) is 0.590. The molecule has 1 amide bonds. The molecule has 118 valence electrons. The van der Waals surface area contributed by atoms with E-state index in [-0.39, 0.29) is 5.91 Å². The fourth-order valence-electron chi connectivity index (χ4n) is 2.59. The van der Waals surface area contributed by atoms with E-state index in [9.17, 15) is 4.79 Å². The van der Waals surface area contributed by atoms with Crippen molar-refractivity contribution in [1.29, 1.82) is 0 Å². The third kappa shape index (κ3) is 5.38. The van der Waals surface area contributed by atoms with Crippen molar-refractivity contribution in [2.45, 2.75) is 57.5 Å². The van der Waals surface area contributed by atoms with Crippen LogP contribution < -0.4 is 11.1 Å². The maximum Gasteiger partial charge on any atom is 0.237 e. The van der Waals surface area contributed by atoms with E-state index in [1.165, 1.54) is 0 Å². The molecule has 1 saturated heterocycles. The van der Waals surface area contributed by atoms with E-state index in [2.05, 4.69) is 24.2 Å². The van der Waals surface area contributed by atoms with Crippen molar-refractivity contribution in [3.05, 3.63) is 0 Å². The zero-order valence-corrected chi connectivity index (χ0v) is 13.3.